The van der Waals surface area contributed by atoms with Gasteiger partial charge < -0.3 is 14.8 Å². The highest BCUT2D eigenvalue weighted by Crippen LogP contribution is 2.40. The van der Waals surface area contributed by atoms with Crippen LogP contribution < -0.4 is 5.32 Å². The molecule has 0 amide bonds. The second-order valence-electron chi connectivity index (χ2n) is 7.65. The lowest BCUT2D eigenvalue weighted by Crippen LogP contribution is -2.32. The maximum absolute atomic E-state index is 12.7. The highest BCUT2D eigenvalue weighted by Gasteiger charge is 2.37. The summed E-state index contributed by atoms with van der Waals surface area (Å²) in [5.74, 6) is -1.62. The van der Waals surface area contributed by atoms with Gasteiger partial charge in [-0.2, -0.15) is 0 Å². The van der Waals surface area contributed by atoms with Gasteiger partial charge >= 0.3 is 11.9 Å². The predicted molar refractivity (Wildman–Crippen MR) is 128 cm³/mol. The number of nitrogens with one attached hydrogen (secondary N) is 1. The van der Waals surface area contributed by atoms with Crippen molar-refractivity contribution in [2.24, 2.45) is 0 Å². The molecule has 0 saturated carbocycles. The topological polar surface area (TPSA) is 77.5 Å². The average Bonchev–Trinajstić information content (AvgIpc) is 3.34. The number of hydrogen-bond donors (Lipinski definition) is 1. The van der Waals surface area contributed by atoms with E-state index >= 15 is 0 Å². The summed E-state index contributed by atoms with van der Waals surface area (Å²) >= 11 is 1.55. The average molecular weight is 461 g/mol. The predicted octanol–water partition coefficient (Wildman–Crippen LogP) is 5.06. The Balaban J connectivity index is 1.81. The number of allylic oxidation sites excluding steroid dienone is 2. The van der Waals surface area contributed by atoms with Crippen molar-refractivity contribution in [2.45, 2.75) is 19.8 Å². The highest BCUT2D eigenvalue weighted by atomic mass is 32.1. The van der Waals surface area contributed by atoms with Crippen molar-refractivity contribution < 1.29 is 19.1 Å². The number of rotatable bonds is 5. The van der Waals surface area contributed by atoms with E-state index in [0.717, 1.165) is 27.4 Å². The molecule has 3 aromatic rings. The number of esters is 2. The van der Waals surface area contributed by atoms with Gasteiger partial charge in [0.25, 0.3) is 0 Å². The van der Waals surface area contributed by atoms with Crippen molar-refractivity contribution in [1.29, 1.82) is 0 Å². The van der Waals surface area contributed by atoms with E-state index in [1.54, 1.807) is 25.2 Å². The van der Waals surface area contributed by atoms with E-state index in [1.807, 2.05) is 60.0 Å². The summed E-state index contributed by atoms with van der Waals surface area (Å²) in [5.41, 5.74) is 5.68. The van der Waals surface area contributed by atoms with Gasteiger partial charge in [0.2, 0.25) is 0 Å². The Labute approximate surface area is 196 Å². The van der Waals surface area contributed by atoms with Crippen LogP contribution in [-0.4, -0.2) is 31.1 Å². The van der Waals surface area contributed by atoms with E-state index in [2.05, 4.69) is 5.32 Å². The molecule has 2 aromatic carbocycles. The van der Waals surface area contributed by atoms with Crippen LogP contribution in [0.2, 0.25) is 0 Å². The Morgan fingerprint density at radius 3 is 2.09 bits per heavy atom. The van der Waals surface area contributed by atoms with Crippen molar-refractivity contribution in [1.82, 2.24) is 10.3 Å². The largest absolute Gasteiger partial charge is 0.466 e. The number of methoxy groups -OCH3 is 2. The normalized spacial score (nSPS) is 14.2. The molecule has 2 heterocycles. The summed E-state index contributed by atoms with van der Waals surface area (Å²) in [6.45, 7) is 3.60. The molecule has 0 fully saturated rings. The molecule has 1 N–H and O–H groups in total. The molecule has 0 aliphatic carbocycles. The van der Waals surface area contributed by atoms with Gasteiger partial charge in [0.05, 0.1) is 37.0 Å². The standard InChI is InChI=1S/C26H24N2O4S/c1-15-21(25(29)31-3)23(22(16(2)27-15)26(30)32-4)18-11-8-12-19(13-18)24-28-20(14-33-24)17-9-6-5-7-10-17/h5-14,23,27H,1-4H3. The summed E-state index contributed by atoms with van der Waals surface area (Å²) in [6, 6.07) is 17.7. The van der Waals surface area contributed by atoms with Gasteiger partial charge in [0.1, 0.15) is 5.01 Å². The molecular formula is C26H24N2O4S. The molecule has 6 nitrogen and oxygen atoms in total. The molecule has 0 atom stereocenters. The summed E-state index contributed by atoms with van der Waals surface area (Å²) in [7, 11) is 2.67. The van der Waals surface area contributed by atoms with Crippen LogP contribution >= 0.6 is 11.3 Å². The SMILES string of the molecule is COC(=O)C1=C(C)NC(C)=C(C(=O)OC)C1c1cccc(-c2nc(-c3ccccc3)cs2)c1. The molecule has 1 aliphatic rings. The first-order chi connectivity index (χ1) is 15.9. The second-order valence-corrected chi connectivity index (χ2v) is 8.51. The number of carbonyl (C=O) groups excluding carboxylic acids is 2. The number of nitrogens with zero attached hydrogens (tertiary/aromatic N) is 1. The summed E-state index contributed by atoms with van der Waals surface area (Å²) in [6.07, 6.45) is 0. The molecule has 1 aliphatic heterocycles. The smallest absolute Gasteiger partial charge is 0.336 e. The number of benzene rings is 2. The molecule has 4 rings (SSSR count). The fourth-order valence-electron chi connectivity index (χ4n) is 4.09. The first-order valence-electron chi connectivity index (χ1n) is 10.4. The van der Waals surface area contributed by atoms with Crippen LogP contribution in [0.25, 0.3) is 21.8 Å². The number of hydrogen-bond acceptors (Lipinski definition) is 7. The van der Waals surface area contributed by atoms with Gasteiger partial charge in [0.15, 0.2) is 0 Å². The Morgan fingerprint density at radius 2 is 1.48 bits per heavy atom. The van der Waals surface area contributed by atoms with Crippen molar-refractivity contribution >= 4 is 23.3 Å². The molecule has 33 heavy (non-hydrogen) atoms. The molecule has 1 aromatic heterocycles. The summed E-state index contributed by atoms with van der Waals surface area (Å²) in [4.78, 5) is 30.3. The zero-order valence-electron chi connectivity index (χ0n) is 18.8. The van der Waals surface area contributed by atoms with Crippen LogP contribution in [-0.2, 0) is 19.1 Å². The van der Waals surface area contributed by atoms with Gasteiger partial charge in [-0.05, 0) is 25.5 Å². The van der Waals surface area contributed by atoms with E-state index in [0.29, 0.717) is 22.5 Å². The lowest BCUT2D eigenvalue weighted by Gasteiger charge is -2.30. The van der Waals surface area contributed by atoms with Gasteiger partial charge in [-0.15, -0.1) is 11.3 Å². The van der Waals surface area contributed by atoms with Crippen molar-refractivity contribution in [3.8, 4) is 21.8 Å². The zero-order chi connectivity index (χ0) is 23.5. The molecule has 0 unspecified atom stereocenters. The molecule has 0 spiro atoms. The van der Waals surface area contributed by atoms with Crippen LogP contribution in [0.4, 0.5) is 0 Å². The van der Waals surface area contributed by atoms with E-state index in [-0.39, 0.29) is 0 Å². The Morgan fingerprint density at radius 1 is 0.879 bits per heavy atom. The zero-order valence-corrected chi connectivity index (χ0v) is 19.7. The highest BCUT2D eigenvalue weighted by molar-refractivity contribution is 7.13. The van der Waals surface area contributed by atoms with Crippen molar-refractivity contribution in [3.63, 3.8) is 0 Å². The maximum Gasteiger partial charge on any atom is 0.336 e. The van der Waals surface area contributed by atoms with Crippen molar-refractivity contribution in [3.05, 3.63) is 88.1 Å². The van der Waals surface area contributed by atoms with E-state index in [4.69, 9.17) is 14.5 Å². The maximum atomic E-state index is 12.7. The van der Waals surface area contributed by atoms with Crippen LogP contribution in [0.15, 0.2) is 82.5 Å². The minimum Gasteiger partial charge on any atom is -0.466 e. The lowest BCUT2D eigenvalue weighted by atomic mass is 9.80. The van der Waals surface area contributed by atoms with E-state index in [1.165, 1.54) is 14.2 Å². The summed E-state index contributed by atoms with van der Waals surface area (Å²) < 4.78 is 10.1. The number of carbonyl (C=O) groups is 2. The Bertz CT molecular complexity index is 1240. The van der Waals surface area contributed by atoms with Crippen LogP contribution in [0, 0.1) is 0 Å². The Kier molecular flexibility index (Phi) is 6.42. The van der Waals surface area contributed by atoms with E-state index in [9.17, 15) is 9.59 Å². The number of dihydropyridines is 1. The molecule has 168 valence electrons. The third kappa shape index (κ3) is 4.32. The number of ether oxygens (including phenoxy) is 2. The van der Waals surface area contributed by atoms with Gasteiger partial charge in [-0.25, -0.2) is 14.6 Å². The molecule has 0 saturated heterocycles. The quantitative estimate of drug-likeness (QED) is 0.537. The van der Waals surface area contributed by atoms with E-state index < -0.39 is 17.9 Å². The fourth-order valence-corrected chi connectivity index (χ4v) is 4.91. The number of aromatic nitrogens is 1. The fraction of sp³-hybridized carbons (Fsp3) is 0.192. The first-order valence-corrected chi connectivity index (χ1v) is 11.3. The van der Waals surface area contributed by atoms with Crippen LogP contribution in [0.5, 0.6) is 0 Å². The second kappa shape index (κ2) is 9.42. The molecule has 0 bridgehead atoms. The van der Waals surface area contributed by atoms with Crippen molar-refractivity contribution in [2.75, 3.05) is 14.2 Å². The monoisotopic (exact) mass is 460 g/mol. The molecule has 0 radical (unpaired) electrons. The van der Waals surface area contributed by atoms with Gasteiger partial charge in [-0.1, -0.05) is 48.5 Å². The minimum atomic E-state index is -0.625. The van der Waals surface area contributed by atoms with Gasteiger partial charge in [0, 0.05) is 27.9 Å². The van der Waals surface area contributed by atoms with Gasteiger partial charge in [-0.3, -0.25) is 0 Å². The molecular weight excluding hydrogens is 436 g/mol. The third-order valence-electron chi connectivity index (χ3n) is 5.61. The van der Waals surface area contributed by atoms with Crippen LogP contribution in [0.1, 0.15) is 25.3 Å². The summed E-state index contributed by atoms with van der Waals surface area (Å²) in [5, 5.41) is 6.00. The third-order valence-corrected chi connectivity index (χ3v) is 6.50. The van der Waals surface area contributed by atoms with Crippen LogP contribution in [0.3, 0.4) is 0 Å². The minimum absolute atomic E-state index is 0.379. The molecule has 7 heteroatoms. The number of thiazole rings is 1. The first kappa shape index (κ1) is 22.5. The Hall–Kier alpha value is -3.71. The lowest BCUT2D eigenvalue weighted by molar-refractivity contribution is -0.137.